The van der Waals surface area contributed by atoms with Crippen molar-refractivity contribution in [3.63, 3.8) is 0 Å². The van der Waals surface area contributed by atoms with Crippen LogP contribution in [0.2, 0.25) is 0 Å². The van der Waals surface area contributed by atoms with E-state index >= 15 is 0 Å². The number of hydrogen-bond donors (Lipinski definition) is 4. The van der Waals surface area contributed by atoms with Crippen LogP contribution in [0.25, 0.3) is 0 Å². The Bertz CT molecular complexity index is 573. The van der Waals surface area contributed by atoms with E-state index in [0.29, 0.717) is 18.2 Å². The maximum Gasteiger partial charge on any atom is 0.223 e. The second kappa shape index (κ2) is 6.90. The molecular weight excluding hydrogens is 292 g/mol. The quantitative estimate of drug-likeness (QED) is 0.554. The number of nitrogen functional groups attached to an aromatic ring is 1. The summed E-state index contributed by atoms with van der Waals surface area (Å²) in [5.74, 6) is 1.35. The van der Waals surface area contributed by atoms with Crippen LogP contribution in [-0.4, -0.2) is 43.3 Å². The second-order valence-corrected chi connectivity index (χ2v) is 7.28. The summed E-state index contributed by atoms with van der Waals surface area (Å²) in [5.41, 5.74) is 5.01. The molecule has 0 aliphatic rings. The van der Waals surface area contributed by atoms with Gasteiger partial charge in [-0.25, -0.2) is 13.1 Å². The molecule has 0 saturated carbocycles. The normalized spacial score (nSPS) is 12.2. The molecule has 0 unspecified atom stereocenters. The Morgan fingerprint density at radius 2 is 1.81 bits per heavy atom. The fourth-order valence-electron chi connectivity index (χ4n) is 1.75. The topological polar surface area (TPSA) is 122 Å². The minimum absolute atomic E-state index is 0.160. The third-order valence-corrected chi connectivity index (χ3v) is 3.40. The predicted molar refractivity (Wildman–Crippen MR) is 85.8 cm³/mol. The van der Waals surface area contributed by atoms with Crippen LogP contribution in [0.15, 0.2) is 6.07 Å². The predicted octanol–water partition coefficient (Wildman–Crippen LogP) is 0.620. The van der Waals surface area contributed by atoms with Gasteiger partial charge in [-0.1, -0.05) is 6.92 Å². The van der Waals surface area contributed by atoms with E-state index in [1.165, 1.54) is 0 Å². The van der Waals surface area contributed by atoms with E-state index < -0.39 is 15.6 Å². The number of aromatic nitrogens is 2. The van der Waals surface area contributed by atoms with E-state index in [2.05, 4.69) is 32.2 Å². The second-order valence-electron chi connectivity index (χ2n) is 5.54. The number of rotatable bonds is 8. The molecule has 1 aromatic heterocycles. The van der Waals surface area contributed by atoms with E-state index in [9.17, 15) is 8.42 Å². The monoisotopic (exact) mass is 316 g/mol. The van der Waals surface area contributed by atoms with Crippen molar-refractivity contribution in [2.75, 3.05) is 35.7 Å². The van der Waals surface area contributed by atoms with Crippen LogP contribution in [0.1, 0.15) is 27.2 Å². The first-order chi connectivity index (χ1) is 9.61. The van der Waals surface area contributed by atoms with Crippen LogP contribution >= 0.6 is 0 Å². The molecule has 0 amide bonds. The fraction of sp³-hybridized carbons (Fsp3) is 0.667. The van der Waals surface area contributed by atoms with E-state index in [-0.39, 0.29) is 5.95 Å². The van der Waals surface area contributed by atoms with Gasteiger partial charge in [-0.3, -0.25) is 0 Å². The maximum absolute atomic E-state index is 11.3. The molecule has 0 aromatic carbocycles. The summed E-state index contributed by atoms with van der Waals surface area (Å²) in [6.07, 6.45) is 2.10. The average molecular weight is 316 g/mol. The largest absolute Gasteiger partial charge is 0.370 e. The molecule has 9 heteroatoms. The summed E-state index contributed by atoms with van der Waals surface area (Å²) < 4.78 is 25.1. The smallest absolute Gasteiger partial charge is 0.223 e. The zero-order chi connectivity index (χ0) is 16.1. The molecule has 1 aromatic rings. The Balaban J connectivity index is 2.72. The maximum atomic E-state index is 11.3. The molecular formula is C12H24N6O2S. The van der Waals surface area contributed by atoms with Gasteiger partial charge in [-0.15, -0.1) is 0 Å². The highest BCUT2D eigenvalue weighted by molar-refractivity contribution is 7.88. The summed E-state index contributed by atoms with van der Waals surface area (Å²) in [5, 5.41) is 6.20. The molecule has 0 saturated heterocycles. The van der Waals surface area contributed by atoms with Crippen LogP contribution in [-0.2, 0) is 10.0 Å². The summed E-state index contributed by atoms with van der Waals surface area (Å²) in [6.45, 7) is 6.76. The molecule has 0 radical (unpaired) electrons. The molecule has 120 valence electrons. The zero-order valence-electron chi connectivity index (χ0n) is 12.9. The van der Waals surface area contributed by atoms with Crippen molar-refractivity contribution in [2.45, 2.75) is 32.7 Å². The molecule has 1 rings (SSSR count). The van der Waals surface area contributed by atoms with Crippen molar-refractivity contribution in [2.24, 2.45) is 0 Å². The van der Waals surface area contributed by atoms with Gasteiger partial charge in [0, 0.05) is 24.7 Å². The van der Waals surface area contributed by atoms with Crippen LogP contribution in [0.5, 0.6) is 0 Å². The lowest BCUT2D eigenvalue weighted by Crippen LogP contribution is -2.47. The fourth-order valence-corrected chi connectivity index (χ4v) is 2.83. The van der Waals surface area contributed by atoms with Crippen molar-refractivity contribution < 1.29 is 8.42 Å². The lowest BCUT2D eigenvalue weighted by atomic mass is 10.1. The van der Waals surface area contributed by atoms with E-state index in [0.717, 1.165) is 19.2 Å². The van der Waals surface area contributed by atoms with Gasteiger partial charge in [-0.2, -0.15) is 9.97 Å². The van der Waals surface area contributed by atoms with Gasteiger partial charge in [0.25, 0.3) is 0 Å². The van der Waals surface area contributed by atoms with E-state index in [4.69, 9.17) is 5.73 Å². The summed E-state index contributed by atoms with van der Waals surface area (Å²) in [7, 11) is -3.27. The Morgan fingerprint density at radius 1 is 1.24 bits per heavy atom. The Hall–Kier alpha value is -1.61. The third kappa shape index (κ3) is 7.09. The molecule has 1 heterocycles. The van der Waals surface area contributed by atoms with E-state index in [1.807, 2.05) is 0 Å². The lowest BCUT2D eigenvalue weighted by Gasteiger charge is -2.25. The number of hydrogen-bond acceptors (Lipinski definition) is 7. The first-order valence-corrected chi connectivity index (χ1v) is 8.62. The molecule has 0 aliphatic carbocycles. The number of sulfonamides is 1. The Labute approximate surface area is 126 Å². The molecule has 0 spiro atoms. The molecule has 21 heavy (non-hydrogen) atoms. The number of anilines is 3. The van der Waals surface area contributed by atoms with Gasteiger partial charge in [-0.05, 0) is 20.3 Å². The van der Waals surface area contributed by atoms with Crippen LogP contribution in [0.3, 0.4) is 0 Å². The summed E-state index contributed by atoms with van der Waals surface area (Å²) in [6, 6.07) is 1.74. The van der Waals surface area contributed by atoms with Crippen molar-refractivity contribution in [3.05, 3.63) is 6.07 Å². The molecule has 0 aliphatic heterocycles. The van der Waals surface area contributed by atoms with Crippen LogP contribution in [0.4, 0.5) is 17.6 Å². The van der Waals surface area contributed by atoms with Crippen molar-refractivity contribution in [1.82, 2.24) is 14.7 Å². The molecule has 5 N–H and O–H groups in total. The number of nitrogens with two attached hydrogens (primary N) is 1. The highest BCUT2D eigenvalue weighted by Crippen LogP contribution is 2.14. The Kier molecular flexibility index (Phi) is 5.73. The first-order valence-electron chi connectivity index (χ1n) is 6.72. The Morgan fingerprint density at radius 3 is 2.33 bits per heavy atom. The minimum atomic E-state index is -3.27. The summed E-state index contributed by atoms with van der Waals surface area (Å²) in [4.78, 5) is 8.16. The van der Waals surface area contributed by atoms with Gasteiger partial charge in [0.2, 0.25) is 16.0 Å². The highest BCUT2D eigenvalue weighted by Gasteiger charge is 2.22. The standard InChI is InChI=1S/C12H24N6O2S/c1-5-6-14-9-7-10(17-11(13)16-9)15-8-12(2,3)18-21(4,19)20/h7,18H,5-6,8H2,1-4H3,(H4,13,14,15,16,17). The van der Waals surface area contributed by atoms with Gasteiger partial charge >= 0.3 is 0 Å². The highest BCUT2D eigenvalue weighted by atomic mass is 32.2. The minimum Gasteiger partial charge on any atom is -0.370 e. The third-order valence-electron chi connectivity index (χ3n) is 2.47. The summed E-state index contributed by atoms with van der Waals surface area (Å²) >= 11 is 0. The number of nitrogens with one attached hydrogen (secondary N) is 3. The molecule has 0 atom stereocenters. The van der Waals surface area contributed by atoms with Crippen molar-refractivity contribution >= 4 is 27.6 Å². The first kappa shape index (κ1) is 17.4. The molecule has 8 nitrogen and oxygen atoms in total. The van der Waals surface area contributed by atoms with Gasteiger partial charge in [0.1, 0.15) is 11.6 Å². The lowest BCUT2D eigenvalue weighted by molar-refractivity contribution is 0.476. The number of nitrogens with zero attached hydrogens (tertiary/aromatic N) is 2. The zero-order valence-corrected chi connectivity index (χ0v) is 13.7. The van der Waals surface area contributed by atoms with Crippen molar-refractivity contribution in [3.8, 4) is 0 Å². The van der Waals surface area contributed by atoms with E-state index in [1.54, 1.807) is 19.9 Å². The SMILES string of the molecule is CCCNc1cc(NCC(C)(C)NS(C)(=O)=O)nc(N)n1. The van der Waals surface area contributed by atoms with Gasteiger partial charge in [0.15, 0.2) is 0 Å². The van der Waals surface area contributed by atoms with Crippen LogP contribution in [0, 0.1) is 0 Å². The molecule has 0 fully saturated rings. The van der Waals surface area contributed by atoms with Crippen molar-refractivity contribution in [1.29, 1.82) is 0 Å². The van der Waals surface area contributed by atoms with Gasteiger partial charge in [0.05, 0.1) is 6.26 Å². The molecule has 0 bridgehead atoms. The average Bonchev–Trinajstić information content (AvgIpc) is 2.30. The van der Waals surface area contributed by atoms with Gasteiger partial charge < -0.3 is 16.4 Å². The van der Waals surface area contributed by atoms with Crippen LogP contribution < -0.4 is 21.1 Å².